The number of alkyl halides is 5. The van der Waals surface area contributed by atoms with E-state index < -0.39 is 25.1 Å². The molecule has 0 saturated carbocycles. The fraction of sp³-hybridized carbons (Fsp3) is 0.381. The minimum absolute atomic E-state index is 0.00609. The molecule has 35 heavy (non-hydrogen) atoms. The molecule has 0 aliphatic carbocycles. The van der Waals surface area contributed by atoms with Crippen molar-refractivity contribution in [3.8, 4) is 11.6 Å². The second-order valence-electron chi connectivity index (χ2n) is 7.66. The summed E-state index contributed by atoms with van der Waals surface area (Å²) in [5.41, 5.74) is 1.56. The Morgan fingerprint density at radius 1 is 0.971 bits per heavy atom. The zero-order chi connectivity index (χ0) is 25.1. The van der Waals surface area contributed by atoms with Gasteiger partial charge in [0.15, 0.2) is 5.82 Å². The van der Waals surface area contributed by atoms with Gasteiger partial charge in [-0.2, -0.15) is 0 Å². The summed E-state index contributed by atoms with van der Waals surface area (Å²) in [7, 11) is 0. The minimum atomic E-state index is -3.27. The van der Waals surface area contributed by atoms with E-state index in [9.17, 15) is 26.7 Å². The van der Waals surface area contributed by atoms with E-state index in [1.54, 1.807) is 6.92 Å². The lowest BCUT2D eigenvalue weighted by atomic mass is 10.2. The first-order valence-corrected chi connectivity index (χ1v) is 10.5. The first kappa shape index (κ1) is 24.3. The predicted octanol–water partition coefficient (Wildman–Crippen LogP) is 3.09. The highest BCUT2D eigenvalue weighted by molar-refractivity contribution is 5.82. The van der Waals surface area contributed by atoms with Gasteiger partial charge in [0, 0.05) is 24.7 Å². The maximum atomic E-state index is 13.5. The summed E-state index contributed by atoms with van der Waals surface area (Å²) in [6.45, 7) is 1.32. The molecule has 1 aliphatic heterocycles. The predicted molar refractivity (Wildman–Crippen MR) is 112 cm³/mol. The van der Waals surface area contributed by atoms with Gasteiger partial charge in [-0.1, -0.05) is 17.3 Å². The number of ether oxygens (including phenoxy) is 1. The van der Waals surface area contributed by atoms with Crippen molar-refractivity contribution < 1.29 is 31.5 Å². The van der Waals surface area contributed by atoms with E-state index in [0.717, 1.165) is 0 Å². The van der Waals surface area contributed by atoms with Crippen molar-refractivity contribution >= 4 is 11.7 Å². The maximum absolute atomic E-state index is 13.5. The van der Waals surface area contributed by atoms with Gasteiger partial charge in [0.2, 0.25) is 18.1 Å². The second-order valence-corrected chi connectivity index (χ2v) is 7.66. The molecule has 1 atom stereocenters. The first-order chi connectivity index (χ1) is 16.7. The number of aromatic nitrogens is 5. The van der Waals surface area contributed by atoms with E-state index >= 15 is 0 Å². The monoisotopic (exact) mass is 497 g/mol. The van der Waals surface area contributed by atoms with Crippen molar-refractivity contribution in [3.05, 3.63) is 53.3 Å². The van der Waals surface area contributed by atoms with Gasteiger partial charge in [-0.25, -0.2) is 26.6 Å². The van der Waals surface area contributed by atoms with Gasteiger partial charge in [0.25, 0.3) is 12.9 Å². The van der Waals surface area contributed by atoms with Crippen molar-refractivity contribution in [3.63, 3.8) is 0 Å². The lowest BCUT2D eigenvalue weighted by Gasteiger charge is -2.36. The number of piperazine rings is 1. The van der Waals surface area contributed by atoms with Crippen LogP contribution in [0.15, 0.2) is 36.4 Å². The fourth-order valence-electron chi connectivity index (χ4n) is 3.49. The van der Waals surface area contributed by atoms with E-state index in [1.165, 1.54) is 46.0 Å². The summed E-state index contributed by atoms with van der Waals surface area (Å²) in [6, 6.07) is 8.66. The molecule has 1 unspecified atom stereocenters. The number of carbonyl (C=O) groups is 1. The van der Waals surface area contributed by atoms with Crippen LogP contribution in [-0.4, -0.2) is 68.4 Å². The third-order valence-electron chi connectivity index (χ3n) is 5.42. The lowest BCUT2D eigenvalue weighted by Crippen LogP contribution is -2.54. The van der Waals surface area contributed by atoms with E-state index in [2.05, 4.69) is 20.5 Å². The molecule has 1 saturated heterocycles. The molecule has 1 aliphatic rings. The molecule has 0 spiro atoms. The van der Waals surface area contributed by atoms with E-state index in [4.69, 9.17) is 4.74 Å². The third-order valence-corrected chi connectivity index (χ3v) is 5.42. The van der Waals surface area contributed by atoms with Gasteiger partial charge in [0.05, 0.1) is 17.9 Å². The molecule has 3 aromatic rings. The Bertz CT molecular complexity index is 1160. The molecule has 1 amide bonds. The van der Waals surface area contributed by atoms with E-state index in [1.807, 2.05) is 0 Å². The number of carbonyl (C=O) groups excluding carboxylic acids is 1. The zero-order valence-corrected chi connectivity index (χ0v) is 18.4. The number of aryl methyl sites for hydroxylation is 1. The number of halogens is 5. The van der Waals surface area contributed by atoms with Crippen LogP contribution in [0.25, 0.3) is 5.69 Å². The summed E-state index contributed by atoms with van der Waals surface area (Å²) >= 11 is 0. The topological polar surface area (TPSA) is 89.3 Å². The van der Waals surface area contributed by atoms with Crippen molar-refractivity contribution in [1.82, 2.24) is 30.1 Å². The molecule has 0 bridgehead atoms. The molecular formula is C21H20F5N7O2. The van der Waals surface area contributed by atoms with Gasteiger partial charge in [0.1, 0.15) is 12.3 Å². The highest BCUT2D eigenvalue weighted by Crippen LogP contribution is 2.22. The Labute approximate surface area is 196 Å². The summed E-state index contributed by atoms with van der Waals surface area (Å²) in [5, 5.41) is 16.0. The van der Waals surface area contributed by atoms with Crippen LogP contribution >= 0.6 is 0 Å². The van der Waals surface area contributed by atoms with Crippen LogP contribution in [0.3, 0.4) is 0 Å². The summed E-state index contributed by atoms with van der Waals surface area (Å²) < 4.78 is 71.4. The molecular weight excluding hydrogens is 477 g/mol. The fourth-order valence-corrected chi connectivity index (χ4v) is 3.49. The molecule has 14 heteroatoms. The van der Waals surface area contributed by atoms with Crippen molar-refractivity contribution in [2.45, 2.75) is 32.7 Å². The number of hydrogen-bond acceptors (Lipinski definition) is 7. The van der Waals surface area contributed by atoms with Gasteiger partial charge in [-0.3, -0.25) is 4.79 Å². The van der Waals surface area contributed by atoms with Crippen LogP contribution in [0.1, 0.15) is 23.4 Å². The Morgan fingerprint density at radius 3 is 2.31 bits per heavy atom. The van der Waals surface area contributed by atoms with Gasteiger partial charge < -0.3 is 14.5 Å². The number of anilines is 1. The average Bonchev–Trinajstić information content (AvgIpc) is 3.22. The van der Waals surface area contributed by atoms with Gasteiger partial charge >= 0.3 is 0 Å². The molecule has 2 aromatic heterocycles. The van der Waals surface area contributed by atoms with Crippen LogP contribution in [-0.2, 0) is 11.4 Å². The average molecular weight is 497 g/mol. The molecule has 1 aromatic carbocycles. The quantitative estimate of drug-likeness (QED) is 0.349. The molecule has 9 nitrogen and oxygen atoms in total. The Kier molecular flexibility index (Phi) is 7.07. The standard InChI is InChI=1S/C21H20F5N7O2/c1-12-15(33(30-27-12)14-4-2-13(3-5-14)19(22)23)11-35-17-7-6-16(28-29-17)31-8-9-32(18(34)10-31)21(26)20(24)25/h2-7,19-21H,8-11H2,1H3. The molecule has 0 N–H and O–H groups in total. The van der Waals surface area contributed by atoms with Crippen LogP contribution in [0.2, 0.25) is 0 Å². The molecule has 0 radical (unpaired) electrons. The van der Waals surface area contributed by atoms with Gasteiger partial charge in [-0.15, -0.1) is 15.3 Å². The van der Waals surface area contributed by atoms with Crippen LogP contribution in [0.5, 0.6) is 5.88 Å². The highest BCUT2D eigenvalue weighted by Gasteiger charge is 2.35. The van der Waals surface area contributed by atoms with Gasteiger partial charge in [-0.05, 0) is 25.1 Å². The number of amides is 1. The SMILES string of the molecule is Cc1nnn(-c2ccc(C(F)F)cc2)c1COc1ccc(N2CCN(C(F)C(F)F)C(=O)C2)nn1. The third kappa shape index (κ3) is 5.30. The van der Waals surface area contributed by atoms with Crippen molar-refractivity contribution in [1.29, 1.82) is 0 Å². The maximum Gasteiger partial charge on any atom is 0.287 e. The van der Waals surface area contributed by atoms with E-state index in [-0.39, 0.29) is 37.7 Å². The number of benzene rings is 1. The normalized spacial score (nSPS) is 15.3. The Morgan fingerprint density at radius 2 is 1.71 bits per heavy atom. The van der Waals surface area contributed by atoms with E-state index in [0.29, 0.717) is 27.8 Å². The zero-order valence-electron chi connectivity index (χ0n) is 18.4. The summed E-state index contributed by atoms with van der Waals surface area (Å²) in [5.74, 6) is -0.316. The highest BCUT2D eigenvalue weighted by atomic mass is 19.3. The second kappa shape index (κ2) is 10.2. The number of hydrogen-bond donors (Lipinski definition) is 0. The Hall–Kier alpha value is -3.84. The molecule has 3 heterocycles. The van der Waals surface area contributed by atoms with Crippen molar-refractivity contribution in [2.24, 2.45) is 0 Å². The smallest absolute Gasteiger partial charge is 0.287 e. The van der Waals surface area contributed by atoms with Crippen molar-refractivity contribution in [2.75, 3.05) is 24.5 Å². The number of rotatable bonds is 8. The molecule has 4 rings (SSSR count). The molecule has 1 fully saturated rings. The summed E-state index contributed by atoms with van der Waals surface area (Å²) in [6.07, 6.45) is -8.49. The Balaban J connectivity index is 1.39. The minimum Gasteiger partial charge on any atom is -0.470 e. The largest absolute Gasteiger partial charge is 0.470 e. The first-order valence-electron chi connectivity index (χ1n) is 10.5. The number of nitrogens with zero attached hydrogens (tertiary/aromatic N) is 7. The summed E-state index contributed by atoms with van der Waals surface area (Å²) in [4.78, 5) is 14.1. The van der Waals surface area contributed by atoms with Crippen LogP contribution in [0.4, 0.5) is 27.8 Å². The van der Waals surface area contributed by atoms with Crippen LogP contribution < -0.4 is 9.64 Å². The lowest BCUT2D eigenvalue weighted by molar-refractivity contribution is -0.144. The van der Waals surface area contributed by atoms with Crippen LogP contribution in [0, 0.1) is 6.92 Å². The molecule has 186 valence electrons.